The molecule has 0 amide bonds. The molecule has 32 heavy (non-hydrogen) atoms. The first kappa shape index (κ1) is 21.8. The maximum atomic E-state index is 12.4. The van der Waals surface area contributed by atoms with Gasteiger partial charge in [-0.05, 0) is 56.2 Å². The smallest absolute Gasteiger partial charge is 0.221 e. The number of anilines is 3. The monoisotopic (exact) mass is 450 g/mol. The van der Waals surface area contributed by atoms with E-state index in [4.69, 9.17) is 5.73 Å². The van der Waals surface area contributed by atoms with Crippen molar-refractivity contribution in [1.29, 1.82) is 0 Å². The molecule has 0 bridgehead atoms. The van der Waals surface area contributed by atoms with Crippen molar-refractivity contribution in [1.82, 2.24) is 20.2 Å². The molecule has 0 unspecified atom stereocenters. The topological polar surface area (TPSA) is 118 Å². The largest absolute Gasteiger partial charge is 0.368 e. The number of rotatable bonds is 6. The average molecular weight is 451 g/mol. The molecule has 2 heterocycles. The number of aromatic nitrogens is 4. The number of nitrogens with two attached hydrogens (primary N) is 1. The van der Waals surface area contributed by atoms with E-state index in [1.807, 2.05) is 61.3 Å². The lowest BCUT2D eigenvalue weighted by Crippen LogP contribution is -2.16. The summed E-state index contributed by atoms with van der Waals surface area (Å²) in [5.41, 5.74) is 11.0. The highest BCUT2D eigenvalue weighted by Gasteiger charge is 2.19. The van der Waals surface area contributed by atoms with Crippen molar-refractivity contribution in [3.63, 3.8) is 0 Å². The van der Waals surface area contributed by atoms with Crippen molar-refractivity contribution in [3.8, 4) is 11.1 Å². The first-order valence-electron chi connectivity index (χ1n) is 10.3. The van der Waals surface area contributed by atoms with E-state index in [-0.39, 0.29) is 11.7 Å². The molecule has 4 rings (SSSR count). The van der Waals surface area contributed by atoms with Crippen LogP contribution in [0.15, 0.2) is 48.7 Å². The molecule has 0 aliphatic carbocycles. The second-order valence-electron chi connectivity index (χ2n) is 8.13. The third-order valence-corrected chi connectivity index (χ3v) is 7.72. The molecule has 0 saturated heterocycles. The zero-order chi connectivity index (χ0) is 23.0. The summed E-state index contributed by atoms with van der Waals surface area (Å²) in [6.07, 6.45) is 1.67. The fourth-order valence-electron chi connectivity index (χ4n) is 3.54. The Hall–Kier alpha value is -3.46. The highest BCUT2D eigenvalue weighted by molar-refractivity contribution is 7.91. The number of aromatic amines is 1. The highest BCUT2D eigenvalue weighted by atomic mass is 32.2. The molecule has 3 N–H and O–H groups in total. The first-order chi connectivity index (χ1) is 15.2. The Balaban J connectivity index is 1.76. The molecule has 0 saturated carbocycles. The molecule has 0 fully saturated rings. The van der Waals surface area contributed by atoms with Crippen molar-refractivity contribution < 1.29 is 8.42 Å². The number of nitrogens with one attached hydrogen (secondary N) is 1. The molecule has 0 aliphatic rings. The van der Waals surface area contributed by atoms with E-state index in [0.717, 1.165) is 39.0 Å². The van der Waals surface area contributed by atoms with Crippen molar-refractivity contribution in [2.45, 2.75) is 31.8 Å². The maximum absolute atomic E-state index is 12.4. The molecule has 166 valence electrons. The van der Waals surface area contributed by atoms with Gasteiger partial charge in [0.15, 0.2) is 9.84 Å². The lowest BCUT2D eigenvalue weighted by atomic mass is 10.0. The predicted molar refractivity (Wildman–Crippen MR) is 129 cm³/mol. The average Bonchev–Trinajstić information content (AvgIpc) is 3.13. The molecular weight excluding hydrogens is 424 g/mol. The van der Waals surface area contributed by atoms with E-state index in [2.05, 4.69) is 20.2 Å². The molecule has 4 aromatic rings. The van der Waals surface area contributed by atoms with Crippen LogP contribution in [0.25, 0.3) is 22.0 Å². The van der Waals surface area contributed by atoms with Gasteiger partial charge in [-0.1, -0.05) is 18.2 Å². The highest BCUT2D eigenvalue weighted by Crippen LogP contribution is 2.34. The van der Waals surface area contributed by atoms with Gasteiger partial charge in [-0.25, -0.2) is 13.4 Å². The second kappa shape index (κ2) is 8.23. The molecule has 2 aromatic carbocycles. The molecular formula is C23H26N6O2S. The first-order valence-corrected chi connectivity index (χ1v) is 12.0. The normalized spacial score (nSPS) is 11.9. The van der Waals surface area contributed by atoms with E-state index in [0.29, 0.717) is 5.82 Å². The molecule has 0 atom stereocenters. The Morgan fingerprint density at radius 1 is 1.16 bits per heavy atom. The van der Waals surface area contributed by atoms with Crippen molar-refractivity contribution in [2.75, 3.05) is 17.7 Å². The number of hydrogen-bond donors (Lipinski definition) is 2. The zero-order valence-electron chi connectivity index (χ0n) is 18.5. The number of hydrogen-bond acceptors (Lipinski definition) is 7. The van der Waals surface area contributed by atoms with Crippen LogP contribution < -0.4 is 10.6 Å². The van der Waals surface area contributed by atoms with Crippen LogP contribution in [0, 0.1) is 6.92 Å². The van der Waals surface area contributed by atoms with Gasteiger partial charge in [0.2, 0.25) is 5.95 Å². The fraction of sp³-hybridized carbons (Fsp3) is 0.261. The summed E-state index contributed by atoms with van der Waals surface area (Å²) >= 11 is 0. The van der Waals surface area contributed by atoms with Crippen LogP contribution in [0.3, 0.4) is 0 Å². The lowest BCUT2D eigenvalue weighted by molar-refractivity contribution is 0.586. The quantitative estimate of drug-likeness (QED) is 0.456. The minimum absolute atomic E-state index is 0.0192. The molecule has 9 heteroatoms. The SMILES string of the molecule is Cc1[nH]nc2cc(N(C)c3nc(N)ncc3-c3cccc(CS(=O)(=O)C(C)C)c3)ccc12. The van der Waals surface area contributed by atoms with Crippen LogP contribution in [0.2, 0.25) is 0 Å². The predicted octanol–water partition coefficient (Wildman–Crippen LogP) is 4.00. The van der Waals surface area contributed by atoms with E-state index in [1.165, 1.54) is 0 Å². The van der Waals surface area contributed by atoms with E-state index >= 15 is 0 Å². The van der Waals surface area contributed by atoms with Gasteiger partial charge >= 0.3 is 0 Å². The second-order valence-corrected chi connectivity index (χ2v) is 10.7. The lowest BCUT2D eigenvalue weighted by Gasteiger charge is -2.22. The number of benzene rings is 2. The summed E-state index contributed by atoms with van der Waals surface area (Å²) in [6, 6.07) is 13.4. The van der Waals surface area contributed by atoms with Crippen LogP contribution in [0.4, 0.5) is 17.5 Å². The number of H-pyrrole nitrogens is 1. The van der Waals surface area contributed by atoms with Gasteiger partial charge in [0.05, 0.1) is 16.5 Å². The van der Waals surface area contributed by atoms with Gasteiger partial charge in [-0.2, -0.15) is 10.1 Å². The third kappa shape index (κ3) is 4.16. The minimum Gasteiger partial charge on any atom is -0.368 e. The molecule has 0 spiro atoms. The van der Waals surface area contributed by atoms with E-state index in [9.17, 15) is 8.42 Å². The Morgan fingerprint density at radius 3 is 2.69 bits per heavy atom. The van der Waals surface area contributed by atoms with Gasteiger partial charge in [-0.3, -0.25) is 5.10 Å². The van der Waals surface area contributed by atoms with Gasteiger partial charge in [0.1, 0.15) is 5.82 Å². The van der Waals surface area contributed by atoms with Gasteiger partial charge in [0.25, 0.3) is 0 Å². The standard InChI is InChI=1S/C23H26N6O2S/c1-14(2)32(30,31)13-16-6-5-7-17(10-16)20-12-25-23(24)26-22(20)29(4)18-8-9-19-15(3)27-28-21(19)11-18/h5-12,14H,13H2,1-4H3,(H,27,28)(H2,24,25,26). The molecule has 8 nitrogen and oxygen atoms in total. The van der Waals surface area contributed by atoms with E-state index in [1.54, 1.807) is 20.0 Å². The van der Waals surface area contributed by atoms with Gasteiger partial charge in [-0.15, -0.1) is 0 Å². The van der Waals surface area contributed by atoms with Crippen LogP contribution in [-0.4, -0.2) is 40.9 Å². The number of fused-ring (bicyclic) bond motifs is 1. The Labute approximate surface area is 187 Å². The number of aryl methyl sites for hydroxylation is 1. The number of sulfone groups is 1. The molecule has 0 radical (unpaired) electrons. The van der Waals surface area contributed by atoms with E-state index < -0.39 is 15.1 Å². The summed E-state index contributed by atoms with van der Waals surface area (Å²) in [4.78, 5) is 10.6. The summed E-state index contributed by atoms with van der Waals surface area (Å²) in [6.45, 7) is 5.36. The van der Waals surface area contributed by atoms with Gasteiger partial charge in [0, 0.05) is 35.6 Å². The zero-order valence-corrected chi connectivity index (χ0v) is 19.3. The number of nitrogens with zero attached hydrogens (tertiary/aromatic N) is 4. The Kier molecular flexibility index (Phi) is 5.60. The van der Waals surface area contributed by atoms with Crippen molar-refractivity contribution >= 4 is 38.2 Å². The molecule has 2 aromatic heterocycles. The summed E-state index contributed by atoms with van der Waals surface area (Å²) < 4.78 is 24.8. The minimum atomic E-state index is -3.22. The van der Waals surface area contributed by atoms with Crippen LogP contribution in [0.5, 0.6) is 0 Å². The van der Waals surface area contributed by atoms with Crippen molar-refractivity contribution in [3.05, 3.63) is 59.9 Å². The maximum Gasteiger partial charge on any atom is 0.221 e. The Bertz CT molecular complexity index is 1390. The van der Waals surface area contributed by atoms with Crippen LogP contribution in [-0.2, 0) is 15.6 Å². The summed E-state index contributed by atoms with van der Waals surface area (Å²) in [5.74, 6) is 0.758. The van der Waals surface area contributed by atoms with Gasteiger partial charge < -0.3 is 10.6 Å². The number of nitrogen functional groups attached to an aromatic ring is 1. The third-order valence-electron chi connectivity index (χ3n) is 5.55. The summed E-state index contributed by atoms with van der Waals surface area (Å²) in [7, 11) is -1.31. The van der Waals surface area contributed by atoms with Crippen LogP contribution >= 0.6 is 0 Å². The Morgan fingerprint density at radius 2 is 1.94 bits per heavy atom. The summed E-state index contributed by atoms with van der Waals surface area (Å²) in [5, 5.41) is 7.97. The van der Waals surface area contributed by atoms with Crippen LogP contribution in [0.1, 0.15) is 25.1 Å². The molecule has 0 aliphatic heterocycles. The van der Waals surface area contributed by atoms with Crippen molar-refractivity contribution in [2.24, 2.45) is 0 Å². The fourth-order valence-corrected chi connectivity index (χ4v) is 4.52.